The molecular formula is C8H8N2O. The lowest BCUT2D eigenvalue weighted by atomic mass is 10.2. The summed E-state index contributed by atoms with van der Waals surface area (Å²) < 4.78 is 4.98. The molecule has 1 aromatic rings. The lowest BCUT2D eigenvalue weighted by Gasteiger charge is -1.95. The Bertz CT molecular complexity index is 303. The molecule has 11 heavy (non-hydrogen) atoms. The molecule has 0 amide bonds. The first-order chi connectivity index (χ1) is 5.25. The van der Waals surface area contributed by atoms with E-state index in [1.165, 1.54) is 6.26 Å². The van der Waals surface area contributed by atoms with Crippen LogP contribution in [0.3, 0.4) is 0 Å². The van der Waals surface area contributed by atoms with Crippen molar-refractivity contribution in [2.24, 2.45) is 5.73 Å². The van der Waals surface area contributed by atoms with Crippen LogP contribution in [-0.4, -0.2) is 0 Å². The standard InChI is InChI=1S/C8H8N2O/c1-6(5-9)8(10)7-3-2-4-11-7/h2-4H,10H2,1H3/b8-6-. The van der Waals surface area contributed by atoms with Gasteiger partial charge in [0.15, 0.2) is 5.76 Å². The molecule has 1 heterocycles. The molecule has 2 N–H and O–H groups in total. The van der Waals surface area contributed by atoms with Crippen LogP contribution >= 0.6 is 0 Å². The average Bonchev–Trinajstić information content (AvgIpc) is 2.53. The van der Waals surface area contributed by atoms with Crippen molar-refractivity contribution in [1.82, 2.24) is 0 Å². The molecule has 0 aliphatic heterocycles. The minimum absolute atomic E-state index is 0.400. The van der Waals surface area contributed by atoms with Gasteiger partial charge in [-0.1, -0.05) is 0 Å². The first-order valence-electron chi connectivity index (χ1n) is 3.16. The van der Waals surface area contributed by atoms with Gasteiger partial charge in [-0.2, -0.15) is 5.26 Å². The zero-order valence-corrected chi connectivity index (χ0v) is 6.16. The molecule has 0 unspecified atom stereocenters. The molecule has 56 valence electrons. The molecule has 0 spiro atoms. The van der Waals surface area contributed by atoms with E-state index in [0.29, 0.717) is 17.0 Å². The molecule has 0 aliphatic carbocycles. The first-order valence-corrected chi connectivity index (χ1v) is 3.16. The van der Waals surface area contributed by atoms with Gasteiger partial charge in [-0.05, 0) is 19.1 Å². The Hall–Kier alpha value is -1.69. The van der Waals surface area contributed by atoms with Crippen LogP contribution in [0.25, 0.3) is 5.70 Å². The molecule has 0 fully saturated rings. The van der Waals surface area contributed by atoms with E-state index in [-0.39, 0.29) is 0 Å². The summed E-state index contributed by atoms with van der Waals surface area (Å²) in [5.41, 5.74) is 6.43. The molecule has 3 nitrogen and oxygen atoms in total. The summed E-state index contributed by atoms with van der Waals surface area (Å²) in [5, 5.41) is 8.47. The minimum atomic E-state index is 0.400. The monoisotopic (exact) mass is 148 g/mol. The number of rotatable bonds is 1. The third kappa shape index (κ3) is 1.41. The molecular weight excluding hydrogens is 140 g/mol. The second kappa shape index (κ2) is 2.93. The van der Waals surface area contributed by atoms with Crippen molar-refractivity contribution < 1.29 is 4.42 Å². The van der Waals surface area contributed by atoms with E-state index in [1.54, 1.807) is 19.1 Å². The van der Waals surface area contributed by atoms with Crippen molar-refractivity contribution in [3.8, 4) is 6.07 Å². The van der Waals surface area contributed by atoms with E-state index >= 15 is 0 Å². The molecule has 1 aromatic heterocycles. The van der Waals surface area contributed by atoms with Crippen molar-refractivity contribution in [3.05, 3.63) is 29.7 Å². The number of hydrogen-bond donors (Lipinski definition) is 1. The summed E-state index contributed by atoms with van der Waals surface area (Å²) in [4.78, 5) is 0. The zero-order chi connectivity index (χ0) is 8.27. The summed E-state index contributed by atoms with van der Waals surface area (Å²) >= 11 is 0. The summed E-state index contributed by atoms with van der Waals surface area (Å²) in [6, 6.07) is 5.40. The van der Waals surface area contributed by atoms with Gasteiger partial charge in [0.2, 0.25) is 0 Å². The van der Waals surface area contributed by atoms with Crippen LogP contribution in [0, 0.1) is 11.3 Å². The Kier molecular flexibility index (Phi) is 1.98. The third-order valence-electron chi connectivity index (χ3n) is 1.36. The van der Waals surface area contributed by atoms with Crippen LogP contribution in [0.15, 0.2) is 28.4 Å². The van der Waals surface area contributed by atoms with Gasteiger partial charge in [-0.25, -0.2) is 0 Å². The molecule has 1 rings (SSSR count). The van der Waals surface area contributed by atoms with E-state index < -0.39 is 0 Å². The van der Waals surface area contributed by atoms with Crippen LogP contribution < -0.4 is 5.73 Å². The number of nitrogens with zero attached hydrogens (tertiary/aromatic N) is 1. The van der Waals surface area contributed by atoms with Gasteiger partial charge >= 0.3 is 0 Å². The van der Waals surface area contributed by atoms with Crippen molar-refractivity contribution in [1.29, 1.82) is 5.26 Å². The lowest BCUT2D eigenvalue weighted by molar-refractivity contribution is 0.551. The Balaban J connectivity index is 3.05. The molecule has 0 saturated carbocycles. The normalized spacial score (nSPS) is 12.0. The Morgan fingerprint density at radius 1 is 1.73 bits per heavy atom. The van der Waals surface area contributed by atoms with Gasteiger partial charge in [0.1, 0.15) is 0 Å². The van der Waals surface area contributed by atoms with Crippen molar-refractivity contribution in [3.63, 3.8) is 0 Å². The maximum Gasteiger partial charge on any atom is 0.150 e. The van der Waals surface area contributed by atoms with Gasteiger partial charge < -0.3 is 10.2 Å². The van der Waals surface area contributed by atoms with E-state index in [9.17, 15) is 0 Å². The highest BCUT2D eigenvalue weighted by Gasteiger charge is 2.02. The zero-order valence-electron chi connectivity index (χ0n) is 6.16. The topological polar surface area (TPSA) is 63.0 Å². The summed E-state index contributed by atoms with van der Waals surface area (Å²) in [6.45, 7) is 1.65. The van der Waals surface area contributed by atoms with Crippen LogP contribution in [0.1, 0.15) is 12.7 Å². The molecule has 0 atom stereocenters. The highest BCUT2D eigenvalue weighted by molar-refractivity contribution is 5.64. The van der Waals surface area contributed by atoms with Gasteiger partial charge in [-0.15, -0.1) is 0 Å². The summed E-state index contributed by atoms with van der Waals surface area (Å²) in [7, 11) is 0. The van der Waals surface area contributed by atoms with Gasteiger partial charge in [0, 0.05) is 0 Å². The second-order valence-corrected chi connectivity index (χ2v) is 2.13. The predicted molar refractivity (Wildman–Crippen MR) is 41.1 cm³/mol. The largest absolute Gasteiger partial charge is 0.463 e. The Morgan fingerprint density at radius 3 is 2.91 bits per heavy atom. The first kappa shape index (κ1) is 7.42. The fourth-order valence-electron chi connectivity index (χ4n) is 0.677. The number of furan rings is 1. The smallest absolute Gasteiger partial charge is 0.150 e. The second-order valence-electron chi connectivity index (χ2n) is 2.13. The van der Waals surface area contributed by atoms with Crippen molar-refractivity contribution in [2.75, 3.05) is 0 Å². The Morgan fingerprint density at radius 2 is 2.45 bits per heavy atom. The third-order valence-corrected chi connectivity index (χ3v) is 1.36. The van der Waals surface area contributed by atoms with Crippen LogP contribution in [-0.2, 0) is 0 Å². The number of nitriles is 1. The molecule has 0 saturated heterocycles. The number of allylic oxidation sites excluding steroid dienone is 1. The van der Waals surface area contributed by atoms with E-state index in [2.05, 4.69) is 0 Å². The molecule has 0 aromatic carbocycles. The Labute approximate surface area is 64.7 Å². The highest BCUT2D eigenvalue weighted by Crippen LogP contribution is 2.12. The lowest BCUT2D eigenvalue weighted by Crippen LogP contribution is -1.96. The quantitative estimate of drug-likeness (QED) is 0.613. The van der Waals surface area contributed by atoms with Gasteiger partial charge in [0.25, 0.3) is 0 Å². The maximum atomic E-state index is 8.47. The molecule has 0 aliphatic rings. The van der Waals surface area contributed by atoms with E-state index in [1.807, 2.05) is 6.07 Å². The maximum absolute atomic E-state index is 8.47. The van der Waals surface area contributed by atoms with E-state index in [0.717, 1.165) is 0 Å². The predicted octanol–water partition coefficient (Wildman–Crippen LogP) is 1.49. The number of nitrogens with two attached hydrogens (primary N) is 1. The van der Waals surface area contributed by atoms with Gasteiger partial charge in [-0.3, -0.25) is 0 Å². The fraction of sp³-hybridized carbons (Fsp3) is 0.125. The molecule has 0 radical (unpaired) electrons. The number of hydrogen-bond acceptors (Lipinski definition) is 3. The highest BCUT2D eigenvalue weighted by atomic mass is 16.3. The van der Waals surface area contributed by atoms with E-state index in [4.69, 9.17) is 15.4 Å². The van der Waals surface area contributed by atoms with Crippen molar-refractivity contribution in [2.45, 2.75) is 6.92 Å². The summed E-state index contributed by atoms with van der Waals surface area (Å²) in [6.07, 6.45) is 1.52. The fourth-order valence-corrected chi connectivity index (χ4v) is 0.677. The van der Waals surface area contributed by atoms with Crippen LogP contribution in [0.5, 0.6) is 0 Å². The SMILES string of the molecule is C/C(C#N)=C(/N)c1ccco1. The minimum Gasteiger partial charge on any atom is -0.463 e. The average molecular weight is 148 g/mol. The summed E-state index contributed by atoms with van der Waals surface area (Å²) in [5.74, 6) is 0.545. The van der Waals surface area contributed by atoms with Crippen LogP contribution in [0.4, 0.5) is 0 Å². The van der Waals surface area contributed by atoms with Gasteiger partial charge in [0.05, 0.1) is 23.6 Å². The van der Waals surface area contributed by atoms with Crippen molar-refractivity contribution >= 4 is 5.70 Å². The van der Waals surface area contributed by atoms with Crippen LogP contribution in [0.2, 0.25) is 0 Å². The molecule has 3 heteroatoms. The molecule has 0 bridgehead atoms.